The maximum Gasteiger partial charge on any atom is 0.247 e. The Morgan fingerprint density at radius 3 is 2.19 bits per heavy atom. The Morgan fingerprint density at radius 1 is 1.08 bits per heavy atom. The van der Waals surface area contributed by atoms with Gasteiger partial charge in [0.05, 0.1) is 11.0 Å². The molecule has 0 radical (unpaired) electrons. The van der Waals surface area contributed by atoms with Crippen molar-refractivity contribution in [3.63, 3.8) is 0 Å². The second kappa shape index (κ2) is 6.17. The number of benzene rings is 2. The number of carbonyl (C=O) groups is 1. The Labute approximate surface area is 154 Å². The summed E-state index contributed by atoms with van der Waals surface area (Å²) >= 11 is 0. The predicted octanol–water partition coefficient (Wildman–Crippen LogP) is 4.22. The van der Waals surface area contributed by atoms with Gasteiger partial charge in [-0.25, -0.2) is 0 Å². The van der Waals surface area contributed by atoms with Crippen molar-refractivity contribution in [1.82, 2.24) is 4.90 Å². The zero-order chi connectivity index (χ0) is 18.3. The highest BCUT2D eigenvalue weighted by Gasteiger charge is 2.51. The van der Waals surface area contributed by atoms with Crippen LogP contribution in [0.15, 0.2) is 77.6 Å². The summed E-state index contributed by atoms with van der Waals surface area (Å²) in [5.41, 5.74) is 10.4. The summed E-state index contributed by atoms with van der Waals surface area (Å²) in [7, 11) is 0. The van der Waals surface area contributed by atoms with Crippen molar-refractivity contribution in [2.24, 2.45) is 5.73 Å². The minimum atomic E-state index is -0.546. The number of nitrogens with two attached hydrogens (primary N) is 1. The molecule has 1 atom stereocenters. The lowest BCUT2D eigenvalue weighted by Gasteiger charge is -2.32. The monoisotopic (exact) mass is 344 g/mol. The quantitative estimate of drug-likeness (QED) is 0.902. The van der Waals surface area contributed by atoms with E-state index in [0.717, 1.165) is 35.4 Å². The normalized spacial score (nSPS) is 24.4. The molecule has 1 aliphatic heterocycles. The molecule has 1 aliphatic carbocycles. The van der Waals surface area contributed by atoms with Gasteiger partial charge in [0.15, 0.2) is 0 Å². The molecule has 1 saturated carbocycles. The van der Waals surface area contributed by atoms with E-state index in [1.165, 1.54) is 0 Å². The smallest absolute Gasteiger partial charge is 0.247 e. The van der Waals surface area contributed by atoms with Gasteiger partial charge in [0.2, 0.25) is 5.91 Å². The second-order valence-corrected chi connectivity index (χ2v) is 7.36. The number of amides is 1. The highest BCUT2D eigenvalue weighted by Crippen LogP contribution is 2.53. The first-order chi connectivity index (χ1) is 12.5. The SMILES string of the molecule is CC1=C(C(N)=O)C(C)(c2ccccc2)/C(=C/c2ccccc2)N1C1CC1. The zero-order valence-electron chi connectivity index (χ0n) is 15.3. The first-order valence-corrected chi connectivity index (χ1v) is 9.16. The minimum Gasteiger partial charge on any atom is -0.366 e. The molecule has 26 heavy (non-hydrogen) atoms. The summed E-state index contributed by atoms with van der Waals surface area (Å²) < 4.78 is 0. The Bertz CT molecular complexity index is 894. The van der Waals surface area contributed by atoms with Gasteiger partial charge < -0.3 is 10.6 Å². The van der Waals surface area contributed by atoms with Crippen molar-refractivity contribution >= 4 is 12.0 Å². The van der Waals surface area contributed by atoms with E-state index >= 15 is 0 Å². The number of hydrogen-bond acceptors (Lipinski definition) is 2. The first-order valence-electron chi connectivity index (χ1n) is 9.16. The lowest BCUT2D eigenvalue weighted by molar-refractivity contribution is -0.115. The van der Waals surface area contributed by atoms with Crippen LogP contribution in [0.4, 0.5) is 0 Å². The summed E-state index contributed by atoms with van der Waals surface area (Å²) in [5, 5.41) is 0. The van der Waals surface area contributed by atoms with Gasteiger partial charge in [-0.15, -0.1) is 0 Å². The topological polar surface area (TPSA) is 46.3 Å². The molecule has 0 spiro atoms. The van der Waals surface area contributed by atoms with Gasteiger partial charge in [0.1, 0.15) is 0 Å². The molecule has 2 N–H and O–H groups in total. The molecule has 0 aromatic heterocycles. The molecule has 2 aromatic carbocycles. The fraction of sp³-hybridized carbons (Fsp3) is 0.261. The fourth-order valence-corrected chi connectivity index (χ4v) is 4.24. The Kier molecular flexibility index (Phi) is 3.95. The number of rotatable bonds is 4. The van der Waals surface area contributed by atoms with Crippen LogP contribution < -0.4 is 5.73 Å². The lowest BCUT2D eigenvalue weighted by Crippen LogP contribution is -2.34. The van der Waals surface area contributed by atoms with Crippen LogP contribution in [0, 0.1) is 0 Å². The third kappa shape index (κ3) is 2.55. The molecule has 1 fully saturated rings. The number of allylic oxidation sites excluding steroid dienone is 2. The van der Waals surface area contributed by atoms with E-state index in [-0.39, 0.29) is 5.91 Å². The number of primary amides is 1. The van der Waals surface area contributed by atoms with E-state index < -0.39 is 5.41 Å². The van der Waals surface area contributed by atoms with Gasteiger partial charge in [-0.05, 0) is 43.9 Å². The summed E-state index contributed by atoms with van der Waals surface area (Å²) in [6.07, 6.45) is 4.52. The van der Waals surface area contributed by atoms with Gasteiger partial charge in [-0.2, -0.15) is 0 Å². The van der Waals surface area contributed by atoms with Crippen molar-refractivity contribution in [3.8, 4) is 0 Å². The average molecular weight is 344 g/mol. The van der Waals surface area contributed by atoms with Gasteiger partial charge in [0.25, 0.3) is 0 Å². The summed E-state index contributed by atoms with van der Waals surface area (Å²) in [5.74, 6) is -0.337. The summed E-state index contributed by atoms with van der Waals surface area (Å²) in [4.78, 5) is 14.8. The van der Waals surface area contributed by atoms with Crippen LogP contribution in [0.3, 0.4) is 0 Å². The van der Waals surface area contributed by atoms with E-state index in [4.69, 9.17) is 5.73 Å². The maximum atomic E-state index is 12.5. The molecule has 3 nitrogen and oxygen atoms in total. The van der Waals surface area contributed by atoms with Crippen LogP contribution in [-0.4, -0.2) is 16.8 Å². The van der Waals surface area contributed by atoms with Crippen LogP contribution in [0.2, 0.25) is 0 Å². The van der Waals surface area contributed by atoms with Gasteiger partial charge in [-0.3, -0.25) is 4.79 Å². The molecule has 2 aromatic rings. The second-order valence-electron chi connectivity index (χ2n) is 7.36. The fourth-order valence-electron chi connectivity index (χ4n) is 4.24. The molecule has 1 unspecified atom stereocenters. The van der Waals surface area contributed by atoms with Crippen molar-refractivity contribution in [2.75, 3.05) is 0 Å². The maximum absolute atomic E-state index is 12.5. The van der Waals surface area contributed by atoms with Gasteiger partial charge >= 0.3 is 0 Å². The Hall–Kier alpha value is -2.81. The molecule has 0 bridgehead atoms. The van der Waals surface area contributed by atoms with Crippen molar-refractivity contribution in [3.05, 3.63) is 88.8 Å². The van der Waals surface area contributed by atoms with Crippen LogP contribution >= 0.6 is 0 Å². The Morgan fingerprint density at radius 2 is 1.65 bits per heavy atom. The van der Waals surface area contributed by atoms with Gasteiger partial charge in [0, 0.05) is 17.4 Å². The van der Waals surface area contributed by atoms with Crippen LogP contribution in [0.1, 0.15) is 37.8 Å². The van der Waals surface area contributed by atoms with Gasteiger partial charge in [-0.1, -0.05) is 60.7 Å². The Balaban J connectivity index is 1.97. The van der Waals surface area contributed by atoms with Crippen molar-refractivity contribution in [1.29, 1.82) is 0 Å². The van der Waals surface area contributed by atoms with E-state index in [9.17, 15) is 4.79 Å². The highest BCUT2D eigenvalue weighted by atomic mass is 16.1. The molecule has 3 heteroatoms. The van der Waals surface area contributed by atoms with Crippen LogP contribution in [0.25, 0.3) is 6.08 Å². The van der Waals surface area contributed by atoms with Crippen LogP contribution in [0.5, 0.6) is 0 Å². The predicted molar refractivity (Wildman–Crippen MR) is 105 cm³/mol. The zero-order valence-corrected chi connectivity index (χ0v) is 15.3. The summed E-state index contributed by atoms with van der Waals surface area (Å²) in [6, 6.07) is 21.0. The molecule has 0 saturated heterocycles. The lowest BCUT2D eigenvalue weighted by atomic mass is 9.74. The van der Waals surface area contributed by atoms with E-state index in [1.54, 1.807) is 0 Å². The molecule has 2 aliphatic rings. The van der Waals surface area contributed by atoms with Crippen molar-refractivity contribution < 1.29 is 4.79 Å². The molecule has 4 rings (SSSR count). The number of nitrogens with zero attached hydrogens (tertiary/aromatic N) is 1. The third-order valence-electron chi connectivity index (χ3n) is 5.61. The average Bonchev–Trinajstić information content (AvgIpc) is 3.44. The molecular formula is C23H24N2O. The van der Waals surface area contributed by atoms with Crippen molar-refractivity contribution in [2.45, 2.75) is 38.1 Å². The third-order valence-corrected chi connectivity index (χ3v) is 5.61. The largest absolute Gasteiger partial charge is 0.366 e. The minimum absolute atomic E-state index is 0.337. The standard InChI is InChI=1S/C23H24N2O/c1-16-21(22(24)26)23(2,18-11-7-4-8-12-18)20(25(16)19-13-14-19)15-17-9-5-3-6-10-17/h3-12,15,19H,13-14H2,1-2H3,(H2,24,26)/b20-15-. The van der Waals surface area contributed by atoms with E-state index in [0.29, 0.717) is 11.6 Å². The molecule has 132 valence electrons. The van der Waals surface area contributed by atoms with E-state index in [1.807, 2.05) is 43.3 Å². The van der Waals surface area contributed by atoms with E-state index in [2.05, 4.69) is 42.2 Å². The molecule has 1 amide bonds. The summed E-state index contributed by atoms with van der Waals surface area (Å²) in [6.45, 7) is 4.16. The highest BCUT2D eigenvalue weighted by molar-refractivity contribution is 5.98. The molecule has 1 heterocycles. The number of carbonyl (C=O) groups excluding carboxylic acids is 1. The first kappa shape index (κ1) is 16.6. The number of hydrogen-bond donors (Lipinski definition) is 1. The van der Waals surface area contributed by atoms with Crippen LogP contribution in [-0.2, 0) is 10.2 Å². The molecular weight excluding hydrogens is 320 g/mol.